The second-order valence-electron chi connectivity index (χ2n) is 5.81. The Morgan fingerprint density at radius 2 is 1.59 bits per heavy atom. The van der Waals surface area contributed by atoms with Crippen LogP contribution in [0.4, 0.5) is 22.0 Å². The van der Waals surface area contributed by atoms with Crippen LogP contribution in [0.2, 0.25) is 0 Å². The Kier molecular flexibility index (Phi) is 5.24. The molecule has 0 spiro atoms. The lowest BCUT2D eigenvalue weighted by Crippen LogP contribution is -2.15. The van der Waals surface area contributed by atoms with Crippen LogP contribution in [-0.2, 0) is 6.18 Å². The van der Waals surface area contributed by atoms with Crippen LogP contribution in [0.1, 0.15) is 56.1 Å². The molecule has 0 aromatic heterocycles. The molecule has 1 fully saturated rings. The number of hydrogen-bond acceptors (Lipinski definition) is 0. The molecule has 1 aliphatic carbocycles. The van der Waals surface area contributed by atoms with E-state index in [4.69, 9.17) is 0 Å². The summed E-state index contributed by atoms with van der Waals surface area (Å²) in [6.07, 6.45) is 3.49. The van der Waals surface area contributed by atoms with Crippen molar-refractivity contribution in [2.24, 2.45) is 5.92 Å². The van der Waals surface area contributed by atoms with Crippen LogP contribution in [0.5, 0.6) is 0 Å². The van der Waals surface area contributed by atoms with Crippen molar-refractivity contribution in [2.45, 2.75) is 51.1 Å². The van der Waals surface area contributed by atoms with Gasteiger partial charge in [-0.1, -0.05) is 19.1 Å². The summed E-state index contributed by atoms with van der Waals surface area (Å²) < 4.78 is 65.0. The number of halogens is 5. The number of benzene rings is 1. The van der Waals surface area contributed by atoms with Gasteiger partial charge < -0.3 is 0 Å². The third-order valence-corrected chi connectivity index (χ3v) is 4.24. The van der Waals surface area contributed by atoms with Gasteiger partial charge in [0.25, 0.3) is 0 Å². The van der Waals surface area contributed by atoms with Gasteiger partial charge in [-0.15, -0.1) is 0 Å². The van der Waals surface area contributed by atoms with Crippen LogP contribution in [0.25, 0.3) is 0 Å². The van der Waals surface area contributed by atoms with Crippen molar-refractivity contribution in [3.05, 3.63) is 47.0 Å². The molecule has 22 heavy (non-hydrogen) atoms. The van der Waals surface area contributed by atoms with E-state index in [1.165, 1.54) is 0 Å². The highest BCUT2D eigenvalue weighted by molar-refractivity contribution is 5.30. The summed E-state index contributed by atoms with van der Waals surface area (Å²) >= 11 is 0. The van der Waals surface area contributed by atoms with E-state index >= 15 is 0 Å². The highest BCUT2D eigenvalue weighted by Gasteiger charge is 2.38. The van der Waals surface area contributed by atoms with Crippen LogP contribution in [0.3, 0.4) is 0 Å². The summed E-state index contributed by atoms with van der Waals surface area (Å²) in [5, 5.41) is 0. The molecule has 0 N–H and O–H groups in total. The standard InChI is InChI=1S/C17H19F5/c1-2-3-4-11-5-7-12(8-6-11)13-9-14(18)16(15(19)10-13)17(20,21)22/h3-4,9-12H,2,5-8H2,1H3. The molecule has 1 aliphatic rings. The van der Waals surface area contributed by atoms with Crippen LogP contribution >= 0.6 is 0 Å². The van der Waals surface area contributed by atoms with Crippen LogP contribution in [0.15, 0.2) is 24.3 Å². The lowest BCUT2D eigenvalue weighted by atomic mass is 9.78. The Hall–Kier alpha value is -1.39. The second-order valence-corrected chi connectivity index (χ2v) is 5.81. The molecule has 1 aromatic carbocycles. The minimum atomic E-state index is -5.00. The zero-order valence-corrected chi connectivity index (χ0v) is 12.4. The van der Waals surface area contributed by atoms with Gasteiger partial charge in [-0.3, -0.25) is 0 Å². The van der Waals surface area contributed by atoms with E-state index in [2.05, 4.69) is 19.1 Å². The van der Waals surface area contributed by atoms with Crippen molar-refractivity contribution in [1.29, 1.82) is 0 Å². The van der Waals surface area contributed by atoms with Crippen molar-refractivity contribution in [3.63, 3.8) is 0 Å². The van der Waals surface area contributed by atoms with Gasteiger partial charge >= 0.3 is 6.18 Å². The van der Waals surface area contributed by atoms with Gasteiger partial charge in [0.05, 0.1) is 0 Å². The molecule has 0 atom stereocenters. The first-order chi connectivity index (χ1) is 10.3. The Labute approximate surface area is 127 Å². The number of allylic oxidation sites excluding steroid dienone is 2. The molecule has 0 nitrogen and oxygen atoms in total. The van der Waals surface area contributed by atoms with Crippen molar-refractivity contribution in [1.82, 2.24) is 0 Å². The minimum Gasteiger partial charge on any atom is -0.206 e. The molecule has 2 rings (SSSR count). The average Bonchev–Trinajstić information content (AvgIpc) is 2.43. The molecule has 0 aliphatic heterocycles. The first-order valence-electron chi connectivity index (χ1n) is 7.55. The quantitative estimate of drug-likeness (QED) is 0.458. The van der Waals surface area contributed by atoms with Crippen LogP contribution < -0.4 is 0 Å². The first-order valence-corrected chi connectivity index (χ1v) is 7.55. The van der Waals surface area contributed by atoms with E-state index in [1.54, 1.807) is 0 Å². The predicted molar refractivity (Wildman–Crippen MR) is 75.5 cm³/mol. The minimum absolute atomic E-state index is 0.0717. The fourth-order valence-electron chi connectivity index (χ4n) is 3.07. The molecule has 0 bridgehead atoms. The van der Waals surface area contributed by atoms with E-state index < -0.39 is 23.4 Å². The van der Waals surface area contributed by atoms with Gasteiger partial charge in [0, 0.05) is 0 Å². The average molecular weight is 318 g/mol. The normalized spacial score (nSPS) is 23.2. The highest BCUT2D eigenvalue weighted by Crippen LogP contribution is 2.39. The SMILES string of the molecule is CCC=CC1CCC(c2cc(F)c(C(F)(F)F)c(F)c2)CC1. The lowest BCUT2D eigenvalue weighted by molar-refractivity contribution is -0.142. The molecule has 1 aromatic rings. The molecule has 0 heterocycles. The number of rotatable bonds is 3. The first kappa shape index (κ1) is 17.0. The molecule has 1 saturated carbocycles. The summed E-state index contributed by atoms with van der Waals surface area (Å²) in [5.41, 5.74) is -1.46. The number of hydrogen-bond donors (Lipinski definition) is 0. The topological polar surface area (TPSA) is 0 Å². The van der Waals surface area contributed by atoms with E-state index in [0.29, 0.717) is 11.5 Å². The van der Waals surface area contributed by atoms with E-state index in [-0.39, 0.29) is 5.92 Å². The van der Waals surface area contributed by atoms with Gasteiger partial charge in [-0.2, -0.15) is 13.2 Å². The fourth-order valence-corrected chi connectivity index (χ4v) is 3.07. The van der Waals surface area contributed by atoms with Crippen molar-refractivity contribution in [2.75, 3.05) is 0 Å². The molecule has 0 radical (unpaired) electrons. The van der Waals surface area contributed by atoms with Gasteiger partial charge in [-0.25, -0.2) is 8.78 Å². The molecule has 0 amide bonds. The van der Waals surface area contributed by atoms with Gasteiger partial charge in [0.2, 0.25) is 0 Å². The summed E-state index contributed by atoms with van der Waals surface area (Å²) in [6, 6.07) is 1.69. The second kappa shape index (κ2) is 6.80. The molecular formula is C17H19F5. The summed E-state index contributed by atoms with van der Waals surface area (Å²) in [4.78, 5) is 0. The van der Waals surface area contributed by atoms with Crippen LogP contribution in [0, 0.1) is 17.6 Å². The van der Waals surface area contributed by atoms with Gasteiger partial charge in [-0.05, 0) is 61.6 Å². The van der Waals surface area contributed by atoms with E-state index in [0.717, 1.165) is 44.2 Å². The molecule has 0 saturated heterocycles. The van der Waals surface area contributed by atoms with Crippen molar-refractivity contribution < 1.29 is 22.0 Å². The monoisotopic (exact) mass is 318 g/mol. The molecule has 5 heteroatoms. The zero-order valence-electron chi connectivity index (χ0n) is 12.4. The smallest absolute Gasteiger partial charge is 0.206 e. The van der Waals surface area contributed by atoms with Crippen LogP contribution in [-0.4, -0.2) is 0 Å². The Morgan fingerprint density at radius 1 is 1.05 bits per heavy atom. The third-order valence-electron chi connectivity index (χ3n) is 4.24. The molecular weight excluding hydrogens is 299 g/mol. The summed E-state index contributed by atoms with van der Waals surface area (Å²) in [5.74, 6) is -2.65. The highest BCUT2D eigenvalue weighted by atomic mass is 19.4. The number of alkyl halides is 3. The molecule has 0 unspecified atom stereocenters. The Morgan fingerprint density at radius 3 is 2.05 bits per heavy atom. The van der Waals surface area contributed by atoms with E-state index in [1.807, 2.05) is 0 Å². The predicted octanol–water partition coefficient (Wildman–Crippen LogP) is 6.22. The Balaban J connectivity index is 2.13. The maximum absolute atomic E-state index is 13.6. The van der Waals surface area contributed by atoms with Crippen molar-refractivity contribution >= 4 is 0 Å². The fraction of sp³-hybridized carbons (Fsp3) is 0.529. The molecule has 122 valence electrons. The van der Waals surface area contributed by atoms with Gasteiger partial charge in [0.1, 0.15) is 17.2 Å². The Bertz CT molecular complexity index is 513. The van der Waals surface area contributed by atoms with Crippen molar-refractivity contribution in [3.8, 4) is 0 Å². The van der Waals surface area contributed by atoms with Gasteiger partial charge in [0.15, 0.2) is 0 Å². The summed E-state index contributed by atoms with van der Waals surface area (Å²) in [6.45, 7) is 2.05. The largest absolute Gasteiger partial charge is 0.422 e. The summed E-state index contributed by atoms with van der Waals surface area (Å²) in [7, 11) is 0. The maximum Gasteiger partial charge on any atom is 0.422 e. The third kappa shape index (κ3) is 3.87. The lowest BCUT2D eigenvalue weighted by Gasteiger charge is -2.27. The zero-order chi connectivity index (χ0) is 16.3. The maximum atomic E-state index is 13.6. The van der Waals surface area contributed by atoms with E-state index in [9.17, 15) is 22.0 Å².